The summed E-state index contributed by atoms with van der Waals surface area (Å²) in [5, 5.41) is 6.82. The summed E-state index contributed by atoms with van der Waals surface area (Å²) in [6, 6.07) is 15.2. The van der Waals surface area contributed by atoms with E-state index in [9.17, 15) is 8.42 Å². The monoisotopic (exact) mass is 485 g/mol. The van der Waals surface area contributed by atoms with Crippen LogP contribution in [0.15, 0.2) is 63.9 Å². The van der Waals surface area contributed by atoms with Crippen molar-refractivity contribution >= 4 is 38.4 Å². The van der Waals surface area contributed by atoms with E-state index >= 15 is 0 Å². The Hall–Kier alpha value is -2.75. The Kier molecular flexibility index (Phi) is 8.60. The molecule has 3 aromatic rings. The van der Waals surface area contributed by atoms with Crippen LogP contribution in [0.2, 0.25) is 0 Å². The van der Waals surface area contributed by atoms with E-state index in [-0.39, 0.29) is 4.90 Å². The Morgan fingerprint density at radius 1 is 1.00 bits per heavy atom. The van der Waals surface area contributed by atoms with Crippen molar-refractivity contribution in [2.45, 2.75) is 32.6 Å². The number of hydrogen-bond acceptors (Lipinski definition) is 7. The first-order valence-corrected chi connectivity index (χ1v) is 13.4. The number of nitrogens with one attached hydrogen (secondary N) is 1. The molecular formula is C24H31N5O2S2. The molecule has 0 saturated carbocycles. The summed E-state index contributed by atoms with van der Waals surface area (Å²) < 4.78 is 27.1. The van der Waals surface area contributed by atoms with Gasteiger partial charge in [-0.2, -0.15) is 9.41 Å². The van der Waals surface area contributed by atoms with Crippen LogP contribution in [0.5, 0.6) is 0 Å². The van der Waals surface area contributed by atoms with E-state index in [1.807, 2.05) is 37.4 Å². The minimum atomic E-state index is -3.52. The summed E-state index contributed by atoms with van der Waals surface area (Å²) in [4.78, 5) is 7.12. The molecule has 0 aliphatic heterocycles. The standard InChI is InChI=1S/C24H31N5O2S2/c1-5-28(6-2)21-14-12-19(13-15-21)17-25-27-24-26-23(18-32-24)20-10-9-11-22(16-20)33(30,31)29(7-3)8-4/h9-18H,5-8H2,1-4H3,(H,26,27)/b25-17+. The maximum Gasteiger partial charge on any atom is 0.243 e. The number of anilines is 2. The van der Waals surface area contributed by atoms with Gasteiger partial charge in [-0.15, -0.1) is 11.3 Å². The largest absolute Gasteiger partial charge is 0.372 e. The molecule has 33 heavy (non-hydrogen) atoms. The van der Waals surface area contributed by atoms with Crippen LogP contribution >= 0.6 is 11.3 Å². The molecule has 7 nitrogen and oxygen atoms in total. The Morgan fingerprint density at radius 3 is 2.33 bits per heavy atom. The Bertz CT molecular complexity index is 1170. The van der Waals surface area contributed by atoms with Crippen LogP contribution < -0.4 is 10.3 Å². The number of sulfonamides is 1. The van der Waals surface area contributed by atoms with Crippen LogP contribution in [0, 0.1) is 0 Å². The number of thiazole rings is 1. The molecule has 1 aromatic heterocycles. The highest BCUT2D eigenvalue weighted by atomic mass is 32.2. The highest BCUT2D eigenvalue weighted by Gasteiger charge is 2.22. The van der Waals surface area contributed by atoms with Gasteiger partial charge in [0, 0.05) is 42.8 Å². The van der Waals surface area contributed by atoms with E-state index in [4.69, 9.17) is 0 Å². The fourth-order valence-electron chi connectivity index (χ4n) is 3.51. The van der Waals surface area contributed by atoms with E-state index in [1.54, 1.807) is 24.4 Å². The van der Waals surface area contributed by atoms with Crippen LogP contribution in [0.4, 0.5) is 10.8 Å². The van der Waals surface area contributed by atoms with Gasteiger partial charge in [0.15, 0.2) is 0 Å². The normalized spacial score (nSPS) is 11.9. The highest BCUT2D eigenvalue weighted by molar-refractivity contribution is 7.89. The zero-order valence-corrected chi connectivity index (χ0v) is 21.2. The summed E-state index contributed by atoms with van der Waals surface area (Å²) in [5.41, 5.74) is 6.61. The molecule has 0 amide bonds. The Balaban J connectivity index is 1.69. The third kappa shape index (κ3) is 5.98. The predicted molar refractivity (Wildman–Crippen MR) is 139 cm³/mol. The lowest BCUT2D eigenvalue weighted by Gasteiger charge is -2.20. The van der Waals surface area contributed by atoms with Crippen molar-refractivity contribution in [1.29, 1.82) is 0 Å². The summed E-state index contributed by atoms with van der Waals surface area (Å²) in [7, 11) is -3.52. The van der Waals surface area contributed by atoms with E-state index in [1.165, 1.54) is 21.3 Å². The average Bonchev–Trinajstić information content (AvgIpc) is 3.30. The van der Waals surface area contributed by atoms with E-state index < -0.39 is 10.0 Å². The third-order valence-electron chi connectivity index (χ3n) is 5.37. The van der Waals surface area contributed by atoms with Crippen molar-refractivity contribution in [1.82, 2.24) is 9.29 Å². The third-order valence-corrected chi connectivity index (χ3v) is 8.17. The van der Waals surface area contributed by atoms with Crippen molar-refractivity contribution in [3.8, 4) is 11.3 Å². The molecule has 3 rings (SSSR count). The quantitative estimate of drug-likeness (QED) is 0.301. The molecule has 0 saturated heterocycles. The van der Waals surface area contributed by atoms with Crippen LogP contribution in [0.3, 0.4) is 0 Å². The molecule has 1 heterocycles. The summed E-state index contributed by atoms with van der Waals surface area (Å²) in [6.07, 6.45) is 1.75. The van der Waals surface area contributed by atoms with Gasteiger partial charge in [0.05, 0.1) is 16.8 Å². The number of hydrazone groups is 1. The van der Waals surface area contributed by atoms with Gasteiger partial charge in [0.1, 0.15) is 0 Å². The zero-order valence-electron chi connectivity index (χ0n) is 19.5. The first-order chi connectivity index (χ1) is 15.9. The Morgan fingerprint density at radius 2 is 1.70 bits per heavy atom. The second kappa shape index (κ2) is 11.4. The minimum Gasteiger partial charge on any atom is -0.372 e. The van der Waals surface area contributed by atoms with Crippen LogP contribution in [0.25, 0.3) is 11.3 Å². The van der Waals surface area contributed by atoms with Crippen molar-refractivity contribution in [3.63, 3.8) is 0 Å². The summed E-state index contributed by atoms with van der Waals surface area (Å²) in [6.45, 7) is 10.8. The molecule has 0 fully saturated rings. The van der Waals surface area contributed by atoms with Gasteiger partial charge in [-0.1, -0.05) is 38.1 Å². The van der Waals surface area contributed by atoms with E-state index in [2.05, 4.69) is 46.4 Å². The highest BCUT2D eigenvalue weighted by Crippen LogP contribution is 2.27. The van der Waals surface area contributed by atoms with Crippen molar-refractivity contribution in [2.24, 2.45) is 5.10 Å². The lowest BCUT2D eigenvalue weighted by molar-refractivity contribution is 0.445. The fraction of sp³-hybridized carbons (Fsp3) is 0.333. The molecular weight excluding hydrogens is 454 g/mol. The van der Waals surface area contributed by atoms with E-state index in [0.717, 1.165) is 24.2 Å². The van der Waals surface area contributed by atoms with Crippen LogP contribution in [0.1, 0.15) is 33.3 Å². The molecule has 9 heteroatoms. The minimum absolute atomic E-state index is 0.275. The Labute approximate surface area is 200 Å². The van der Waals surface area contributed by atoms with Crippen molar-refractivity contribution in [2.75, 3.05) is 36.5 Å². The first kappa shape index (κ1) is 24.9. The average molecular weight is 486 g/mol. The number of aromatic nitrogens is 1. The van der Waals surface area contributed by atoms with Crippen molar-refractivity contribution in [3.05, 3.63) is 59.5 Å². The smallest absolute Gasteiger partial charge is 0.243 e. The second-order valence-corrected chi connectivity index (χ2v) is 10.1. The molecule has 1 N–H and O–H groups in total. The predicted octanol–water partition coefficient (Wildman–Crippen LogP) is 5.13. The lowest BCUT2D eigenvalue weighted by Crippen LogP contribution is -2.30. The number of hydrogen-bond donors (Lipinski definition) is 1. The maximum absolute atomic E-state index is 12.8. The topological polar surface area (TPSA) is 77.9 Å². The molecule has 0 atom stereocenters. The zero-order chi connectivity index (χ0) is 23.8. The number of benzene rings is 2. The molecule has 0 spiro atoms. The summed E-state index contributed by atoms with van der Waals surface area (Å²) >= 11 is 1.42. The fourth-order valence-corrected chi connectivity index (χ4v) is 5.68. The van der Waals surface area contributed by atoms with Gasteiger partial charge in [-0.25, -0.2) is 13.4 Å². The van der Waals surface area contributed by atoms with Crippen LogP contribution in [-0.2, 0) is 10.0 Å². The molecule has 0 aliphatic rings. The van der Waals surface area contributed by atoms with E-state index in [0.29, 0.717) is 23.9 Å². The molecule has 0 aliphatic carbocycles. The lowest BCUT2D eigenvalue weighted by atomic mass is 10.2. The molecule has 176 valence electrons. The molecule has 0 radical (unpaired) electrons. The molecule has 0 unspecified atom stereocenters. The van der Waals surface area contributed by atoms with Gasteiger partial charge in [-0.3, -0.25) is 5.43 Å². The van der Waals surface area contributed by atoms with Gasteiger partial charge in [0.2, 0.25) is 15.2 Å². The second-order valence-electron chi connectivity index (χ2n) is 7.29. The first-order valence-electron chi connectivity index (χ1n) is 11.1. The van der Waals surface area contributed by atoms with Crippen LogP contribution in [-0.4, -0.2) is 50.1 Å². The van der Waals surface area contributed by atoms with Gasteiger partial charge >= 0.3 is 0 Å². The van der Waals surface area contributed by atoms with Crippen molar-refractivity contribution < 1.29 is 8.42 Å². The molecule has 0 bridgehead atoms. The SMILES string of the molecule is CCN(CC)c1ccc(/C=N/Nc2nc(-c3cccc(S(=O)(=O)N(CC)CC)c3)cs2)cc1. The number of rotatable bonds is 11. The van der Waals surface area contributed by atoms with Gasteiger partial charge < -0.3 is 4.90 Å². The molecule has 2 aromatic carbocycles. The maximum atomic E-state index is 12.8. The number of nitrogens with zero attached hydrogens (tertiary/aromatic N) is 4. The van der Waals surface area contributed by atoms with Gasteiger partial charge in [0.25, 0.3) is 0 Å². The van der Waals surface area contributed by atoms with Gasteiger partial charge in [-0.05, 0) is 43.7 Å². The summed E-state index contributed by atoms with van der Waals surface area (Å²) in [5.74, 6) is 0.